The van der Waals surface area contributed by atoms with Gasteiger partial charge in [0.1, 0.15) is 6.07 Å². The lowest BCUT2D eigenvalue weighted by atomic mass is 10.2. The Morgan fingerprint density at radius 2 is 1.80 bits per heavy atom. The summed E-state index contributed by atoms with van der Waals surface area (Å²) in [5.74, 6) is -0.242. The van der Waals surface area contributed by atoms with E-state index in [4.69, 9.17) is 16.9 Å². The first kappa shape index (κ1) is 12.5. The predicted octanol–water partition coefficient (Wildman–Crippen LogP) is 3.85. The second-order valence-electron chi connectivity index (χ2n) is 4.33. The van der Waals surface area contributed by atoms with Crippen LogP contribution in [0.3, 0.4) is 0 Å². The molecule has 0 aliphatic carbocycles. The smallest absolute Gasteiger partial charge is 0.263 e. The van der Waals surface area contributed by atoms with Crippen LogP contribution in [0.2, 0.25) is 5.02 Å². The van der Waals surface area contributed by atoms with Crippen molar-refractivity contribution in [3.63, 3.8) is 0 Å². The van der Waals surface area contributed by atoms with Gasteiger partial charge >= 0.3 is 0 Å². The van der Waals surface area contributed by atoms with Crippen LogP contribution in [0.4, 0.5) is 0 Å². The first-order valence-corrected chi connectivity index (χ1v) is 6.39. The summed E-state index contributed by atoms with van der Waals surface area (Å²) in [5, 5.41) is 10.3. The zero-order valence-corrected chi connectivity index (χ0v) is 11.1. The van der Waals surface area contributed by atoms with Crippen LogP contribution < -0.4 is 0 Å². The van der Waals surface area contributed by atoms with Crippen LogP contribution in [-0.2, 0) is 0 Å². The van der Waals surface area contributed by atoms with Crippen molar-refractivity contribution in [3.05, 3.63) is 70.9 Å². The molecule has 0 fully saturated rings. The van der Waals surface area contributed by atoms with E-state index in [-0.39, 0.29) is 5.91 Å². The van der Waals surface area contributed by atoms with Gasteiger partial charge in [-0.25, -0.2) is 0 Å². The highest BCUT2D eigenvalue weighted by Gasteiger charge is 2.16. The van der Waals surface area contributed by atoms with E-state index in [1.54, 1.807) is 30.5 Å². The van der Waals surface area contributed by atoms with E-state index >= 15 is 0 Å². The Kier molecular flexibility index (Phi) is 3.02. The lowest BCUT2D eigenvalue weighted by molar-refractivity contribution is 0.0965. The molecule has 0 unspecified atom stereocenters. The Morgan fingerprint density at radius 3 is 2.55 bits per heavy atom. The summed E-state index contributed by atoms with van der Waals surface area (Å²) in [6, 6.07) is 16.3. The van der Waals surface area contributed by atoms with Gasteiger partial charge in [-0.15, -0.1) is 0 Å². The molecule has 96 valence electrons. The van der Waals surface area contributed by atoms with Gasteiger partial charge in [-0.2, -0.15) is 5.26 Å². The minimum atomic E-state index is -0.242. The van der Waals surface area contributed by atoms with Gasteiger partial charge in [0.25, 0.3) is 5.91 Å². The number of rotatable bonds is 1. The highest BCUT2D eigenvalue weighted by atomic mass is 35.5. The molecule has 1 aromatic heterocycles. The Hall–Kier alpha value is -2.57. The first-order chi connectivity index (χ1) is 9.72. The van der Waals surface area contributed by atoms with E-state index in [1.165, 1.54) is 4.57 Å². The molecule has 1 heterocycles. The number of halogens is 1. The van der Waals surface area contributed by atoms with Gasteiger partial charge in [-0.05, 0) is 18.2 Å². The minimum absolute atomic E-state index is 0.242. The average molecular weight is 281 g/mol. The molecule has 0 bridgehead atoms. The standard InChI is InChI=1S/C16H9ClN2O/c17-14-7-3-1-6-13(14)16(20)19-10-11(9-18)12-5-2-4-8-15(12)19/h1-8,10H. The normalized spacial score (nSPS) is 10.4. The van der Waals surface area contributed by atoms with Crippen LogP contribution in [0.25, 0.3) is 10.9 Å². The van der Waals surface area contributed by atoms with Crippen LogP contribution in [0.5, 0.6) is 0 Å². The second-order valence-corrected chi connectivity index (χ2v) is 4.73. The number of hydrogen-bond donors (Lipinski definition) is 0. The van der Waals surface area contributed by atoms with Crippen LogP contribution in [0.15, 0.2) is 54.7 Å². The molecule has 4 heteroatoms. The van der Waals surface area contributed by atoms with E-state index in [0.29, 0.717) is 21.7 Å². The molecule has 0 N–H and O–H groups in total. The topological polar surface area (TPSA) is 45.8 Å². The highest BCUT2D eigenvalue weighted by Crippen LogP contribution is 2.23. The summed E-state index contributed by atoms with van der Waals surface area (Å²) in [6.45, 7) is 0. The number of benzene rings is 2. The third-order valence-electron chi connectivity index (χ3n) is 3.16. The van der Waals surface area contributed by atoms with Gasteiger partial charge in [0.2, 0.25) is 0 Å². The van der Waals surface area contributed by atoms with Crippen LogP contribution in [0.1, 0.15) is 15.9 Å². The predicted molar refractivity (Wildman–Crippen MR) is 77.8 cm³/mol. The highest BCUT2D eigenvalue weighted by molar-refractivity contribution is 6.34. The Balaban J connectivity index is 2.24. The number of para-hydroxylation sites is 1. The van der Waals surface area contributed by atoms with E-state index in [2.05, 4.69) is 6.07 Å². The molecule has 0 spiro atoms. The number of fused-ring (bicyclic) bond motifs is 1. The van der Waals surface area contributed by atoms with Gasteiger partial charge in [0, 0.05) is 11.6 Å². The third-order valence-corrected chi connectivity index (χ3v) is 3.49. The maximum atomic E-state index is 12.6. The second kappa shape index (κ2) is 4.84. The molecule has 3 aromatic rings. The molecule has 0 radical (unpaired) electrons. The third kappa shape index (κ3) is 1.87. The average Bonchev–Trinajstić information content (AvgIpc) is 2.86. The first-order valence-electron chi connectivity index (χ1n) is 6.02. The number of carbonyl (C=O) groups excluding carboxylic acids is 1. The molecule has 2 aromatic carbocycles. The largest absolute Gasteiger partial charge is 0.282 e. The quantitative estimate of drug-likeness (QED) is 0.679. The Morgan fingerprint density at radius 1 is 1.10 bits per heavy atom. The summed E-state index contributed by atoms with van der Waals surface area (Å²) in [6.07, 6.45) is 1.55. The summed E-state index contributed by atoms with van der Waals surface area (Å²) in [7, 11) is 0. The molecule has 0 saturated heterocycles. The van der Waals surface area contributed by atoms with Crippen molar-refractivity contribution in [1.82, 2.24) is 4.57 Å². The zero-order valence-electron chi connectivity index (χ0n) is 10.4. The molecule has 0 saturated carbocycles. The van der Waals surface area contributed by atoms with Crippen molar-refractivity contribution in [1.29, 1.82) is 5.26 Å². The lowest BCUT2D eigenvalue weighted by Gasteiger charge is -2.05. The van der Waals surface area contributed by atoms with E-state index in [9.17, 15) is 4.79 Å². The molecular weight excluding hydrogens is 272 g/mol. The van der Waals surface area contributed by atoms with Crippen LogP contribution in [-0.4, -0.2) is 10.5 Å². The van der Waals surface area contributed by atoms with Crippen molar-refractivity contribution >= 4 is 28.4 Å². The summed E-state index contributed by atoms with van der Waals surface area (Å²) in [5.41, 5.74) is 1.59. The molecular formula is C16H9ClN2O. The molecule has 20 heavy (non-hydrogen) atoms. The van der Waals surface area contributed by atoms with E-state index in [0.717, 1.165) is 5.39 Å². The summed E-state index contributed by atoms with van der Waals surface area (Å²) >= 11 is 6.06. The van der Waals surface area contributed by atoms with Gasteiger partial charge in [-0.3, -0.25) is 9.36 Å². The number of nitrogens with zero attached hydrogens (tertiary/aromatic N) is 2. The van der Waals surface area contributed by atoms with Crippen molar-refractivity contribution in [3.8, 4) is 6.07 Å². The number of hydrogen-bond acceptors (Lipinski definition) is 2. The van der Waals surface area contributed by atoms with Crippen LogP contribution >= 0.6 is 11.6 Å². The van der Waals surface area contributed by atoms with Gasteiger partial charge in [0.15, 0.2) is 0 Å². The van der Waals surface area contributed by atoms with E-state index in [1.807, 2.05) is 24.3 Å². The number of nitriles is 1. The van der Waals surface area contributed by atoms with Gasteiger partial charge < -0.3 is 0 Å². The SMILES string of the molecule is N#Cc1cn(C(=O)c2ccccc2Cl)c2ccccc12. The van der Waals surface area contributed by atoms with Gasteiger partial charge in [-0.1, -0.05) is 41.9 Å². The van der Waals surface area contributed by atoms with Crippen molar-refractivity contribution < 1.29 is 4.79 Å². The molecule has 3 rings (SSSR count). The maximum absolute atomic E-state index is 12.6. The summed E-state index contributed by atoms with van der Waals surface area (Å²) < 4.78 is 1.47. The number of carbonyl (C=O) groups is 1. The maximum Gasteiger partial charge on any atom is 0.263 e. The molecule has 0 amide bonds. The van der Waals surface area contributed by atoms with Crippen molar-refractivity contribution in [2.75, 3.05) is 0 Å². The summed E-state index contributed by atoms with van der Waals surface area (Å²) in [4.78, 5) is 12.6. The van der Waals surface area contributed by atoms with Crippen molar-refractivity contribution in [2.24, 2.45) is 0 Å². The zero-order chi connectivity index (χ0) is 14.1. The van der Waals surface area contributed by atoms with Crippen molar-refractivity contribution in [2.45, 2.75) is 0 Å². The van der Waals surface area contributed by atoms with Crippen LogP contribution in [0, 0.1) is 11.3 Å². The molecule has 3 nitrogen and oxygen atoms in total. The fourth-order valence-corrected chi connectivity index (χ4v) is 2.42. The lowest BCUT2D eigenvalue weighted by Crippen LogP contribution is -2.11. The number of aromatic nitrogens is 1. The van der Waals surface area contributed by atoms with E-state index < -0.39 is 0 Å². The Bertz CT molecular complexity index is 858. The molecule has 0 aliphatic heterocycles. The fraction of sp³-hybridized carbons (Fsp3) is 0. The molecule has 0 atom stereocenters. The van der Waals surface area contributed by atoms with Gasteiger partial charge in [0.05, 0.1) is 21.7 Å². The minimum Gasteiger partial charge on any atom is -0.282 e. The molecule has 0 aliphatic rings. The fourth-order valence-electron chi connectivity index (χ4n) is 2.20. The Labute approximate surface area is 120 Å². The monoisotopic (exact) mass is 280 g/mol.